The number of hydrogen-bond acceptors (Lipinski definition) is 3. The van der Waals surface area contributed by atoms with E-state index in [0.717, 1.165) is 11.1 Å². The summed E-state index contributed by atoms with van der Waals surface area (Å²) < 4.78 is 0. The van der Waals surface area contributed by atoms with Crippen LogP contribution in [0.25, 0.3) is 0 Å². The van der Waals surface area contributed by atoms with Gasteiger partial charge in [0.1, 0.15) is 0 Å². The van der Waals surface area contributed by atoms with E-state index in [2.05, 4.69) is 10.6 Å². The number of likely N-dealkylation sites (N-methyl/N-ethyl adjacent to an activating group) is 1. The highest BCUT2D eigenvalue weighted by molar-refractivity contribution is 6.33. The average Bonchev–Trinajstić information content (AvgIpc) is 2.63. The number of anilines is 1. The van der Waals surface area contributed by atoms with Crippen molar-refractivity contribution in [2.75, 3.05) is 25.5 Å². The Labute approximate surface area is 163 Å². The van der Waals surface area contributed by atoms with Crippen molar-refractivity contribution in [1.82, 2.24) is 10.2 Å². The number of aryl methyl sites for hydroxylation is 1. The summed E-state index contributed by atoms with van der Waals surface area (Å²) in [5.74, 6) is -1.13. The Morgan fingerprint density at radius 3 is 2.44 bits per heavy atom. The molecule has 7 heteroatoms. The largest absolute Gasteiger partial charge is 0.343 e. The summed E-state index contributed by atoms with van der Waals surface area (Å²) >= 11 is 5.96. The van der Waals surface area contributed by atoms with Gasteiger partial charge in [-0.15, -0.1) is 0 Å². The lowest BCUT2D eigenvalue weighted by atomic mass is 10.1. The van der Waals surface area contributed by atoms with E-state index in [1.54, 1.807) is 24.3 Å². The molecule has 0 atom stereocenters. The Hall–Kier alpha value is -2.86. The molecule has 0 unspecified atom stereocenters. The summed E-state index contributed by atoms with van der Waals surface area (Å²) in [7, 11) is 1.51. The van der Waals surface area contributed by atoms with Gasteiger partial charge in [-0.05, 0) is 43.2 Å². The molecule has 2 aromatic carbocycles. The predicted molar refractivity (Wildman–Crippen MR) is 106 cm³/mol. The molecule has 0 spiro atoms. The molecule has 0 bridgehead atoms. The van der Waals surface area contributed by atoms with Gasteiger partial charge >= 0.3 is 0 Å². The van der Waals surface area contributed by atoms with Crippen molar-refractivity contribution in [1.29, 1.82) is 0 Å². The molecule has 2 rings (SSSR count). The van der Waals surface area contributed by atoms with Gasteiger partial charge in [0.25, 0.3) is 5.91 Å². The molecule has 0 aliphatic carbocycles. The molecule has 3 amide bonds. The Bertz CT molecular complexity index is 867. The number of benzene rings is 2. The summed E-state index contributed by atoms with van der Waals surface area (Å²) in [5, 5.41) is 5.62. The number of hydrogen-bond donors (Lipinski definition) is 2. The maximum atomic E-state index is 12.2. The highest BCUT2D eigenvalue weighted by Crippen LogP contribution is 2.18. The molecule has 2 aromatic rings. The van der Waals surface area contributed by atoms with Crippen LogP contribution >= 0.6 is 11.6 Å². The lowest BCUT2D eigenvalue weighted by molar-refractivity contribution is -0.132. The van der Waals surface area contributed by atoms with E-state index in [4.69, 9.17) is 11.6 Å². The quantitative estimate of drug-likeness (QED) is 0.800. The lowest BCUT2D eigenvalue weighted by Crippen LogP contribution is -2.41. The van der Waals surface area contributed by atoms with Gasteiger partial charge in [0.05, 0.1) is 23.7 Å². The fourth-order valence-corrected chi connectivity index (χ4v) is 2.63. The number of rotatable bonds is 6. The standard InChI is InChI=1S/C20H22ClN3O3/c1-13-7-6-10-17(14(13)2)23-18(25)12-24(3)19(26)11-22-20(27)15-8-4-5-9-16(15)21/h4-10H,11-12H2,1-3H3,(H,22,27)(H,23,25). The maximum Gasteiger partial charge on any atom is 0.253 e. The number of halogens is 1. The molecule has 0 heterocycles. The zero-order valence-electron chi connectivity index (χ0n) is 15.5. The van der Waals surface area contributed by atoms with E-state index in [9.17, 15) is 14.4 Å². The Balaban J connectivity index is 1.86. The minimum absolute atomic E-state index is 0.117. The minimum Gasteiger partial charge on any atom is -0.343 e. The topological polar surface area (TPSA) is 78.5 Å². The van der Waals surface area contributed by atoms with E-state index < -0.39 is 5.91 Å². The van der Waals surface area contributed by atoms with Gasteiger partial charge in [-0.2, -0.15) is 0 Å². The molecular formula is C20H22ClN3O3. The van der Waals surface area contributed by atoms with Crippen LogP contribution < -0.4 is 10.6 Å². The Morgan fingerprint density at radius 2 is 1.74 bits per heavy atom. The Morgan fingerprint density at radius 1 is 1.04 bits per heavy atom. The second-order valence-electron chi connectivity index (χ2n) is 6.21. The maximum absolute atomic E-state index is 12.2. The zero-order valence-corrected chi connectivity index (χ0v) is 16.3. The molecule has 0 aromatic heterocycles. The van der Waals surface area contributed by atoms with Crippen LogP contribution in [0.5, 0.6) is 0 Å². The molecule has 0 aliphatic rings. The summed E-state index contributed by atoms with van der Waals surface area (Å²) in [6, 6.07) is 12.2. The number of nitrogens with one attached hydrogen (secondary N) is 2. The number of carbonyl (C=O) groups excluding carboxylic acids is 3. The first kappa shape index (κ1) is 20.5. The number of amides is 3. The smallest absolute Gasteiger partial charge is 0.253 e. The van der Waals surface area contributed by atoms with E-state index in [1.165, 1.54) is 11.9 Å². The lowest BCUT2D eigenvalue weighted by Gasteiger charge is -2.18. The first-order valence-corrected chi connectivity index (χ1v) is 8.80. The summed E-state index contributed by atoms with van der Waals surface area (Å²) in [6.45, 7) is 3.54. The number of nitrogens with zero attached hydrogens (tertiary/aromatic N) is 1. The third-order valence-corrected chi connectivity index (χ3v) is 4.53. The fraction of sp³-hybridized carbons (Fsp3) is 0.250. The van der Waals surface area contributed by atoms with Crippen LogP contribution in [0.4, 0.5) is 5.69 Å². The highest BCUT2D eigenvalue weighted by atomic mass is 35.5. The van der Waals surface area contributed by atoms with Gasteiger partial charge in [0.2, 0.25) is 11.8 Å². The third-order valence-electron chi connectivity index (χ3n) is 4.20. The van der Waals surface area contributed by atoms with Crippen molar-refractivity contribution in [2.24, 2.45) is 0 Å². The van der Waals surface area contributed by atoms with Gasteiger partial charge in [-0.1, -0.05) is 35.9 Å². The Kier molecular flexibility index (Phi) is 6.96. The molecule has 2 N–H and O–H groups in total. The van der Waals surface area contributed by atoms with Crippen LogP contribution in [-0.4, -0.2) is 42.8 Å². The van der Waals surface area contributed by atoms with Crippen molar-refractivity contribution in [3.8, 4) is 0 Å². The van der Waals surface area contributed by atoms with E-state index in [1.807, 2.05) is 32.0 Å². The van der Waals surface area contributed by atoms with Crippen LogP contribution in [0, 0.1) is 13.8 Å². The molecule has 142 valence electrons. The predicted octanol–water partition coefficient (Wildman–Crippen LogP) is 2.78. The SMILES string of the molecule is Cc1cccc(NC(=O)CN(C)C(=O)CNC(=O)c2ccccc2Cl)c1C. The summed E-state index contributed by atoms with van der Waals surface area (Å²) in [4.78, 5) is 37.7. The van der Waals surface area contributed by atoms with Gasteiger partial charge < -0.3 is 15.5 Å². The molecule has 0 saturated heterocycles. The molecule has 0 saturated carbocycles. The molecule has 27 heavy (non-hydrogen) atoms. The van der Waals surface area contributed by atoms with Crippen LogP contribution in [0.1, 0.15) is 21.5 Å². The van der Waals surface area contributed by atoms with Crippen LogP contribution in [0.15, 0.2) is 42.5 Å². The zero-order chi connectivity index (χ0) is 20.0. The van der Waals surface area contributed by atoms with Crippen molar-refractivity contribution >= 4 is 35.0 Å². The molecule has 0 radical (unpaired) electrons. The molecule has 6 nitrogen and oxygen atoms in total. The van der Waals surface area contributed by atoms with Gasteiger partial charge in [0.15, 0.2) is 0 Å². The summed E-state index contributed by atoms with van der Waals surface area (Å²) in [6.07, 6.45) is 0. The minimum atomic E-state index is -0.442. The first-order valence-electron chi connectivity index (χ1n) is 8.42. The van der Waals surface area contributed by atoms with Crippen molar-refractivity contribution < 1.29 is 14.4 Å². The van der Waals surface area contributed by atoms with Gasteiger partial charge in [0, 0.05) is 12.7 Å². The normalized spacial score (nSPS) is 10.2. The number of carbonyl (C=O) groups is 3. The van der Waals surface area contributed by atoms with Gasteiger partial charge in [-0.25, -0.2) is 0 Å². The highest BCUT2D eigenvalue weighted by Gasteiger charge is 2.16. The van der Waals surface area contributed by atoms with Crippen molar-refractivity contribution in [2.45, 2.75) is 13.8 Å². The summed E-state index contributed by atoms with van der Waals surface area (Å²) in [5.41, 5.74) is 3.06. The van der Waals surface area contributed by atoms with Crippen LogP contribution in [0.3, 0.4) is 0 Å². The van der Waals surface area contributed by atoms with Crippen molar-refractivity contribution in [3.63, 3.8) is 0 Å². The van der Waals surface area contributed by atoms with E-state index in [0.29, 0.717) is 16.3 Å². The molecular weight excluding hydrogens is 366 g/mol. The molecule has 0 aliphatic heterocycles. The first-order chi connectivity index (χ1) is 12.8. The average molecular weight is 388 g/mol. The van der Waals surface area contributed by atoms with Gasteiger partial charge in [-0.3, -0.25) is 14.4 Å². The van der Waals surface area contributed by atoms with E-state index >= 15 is 0 Å². The molecule has 0 fully saturated rings. The second-order valence-corrected chi connectivity index (χ2v) is 6.62. The van der Waals surface area contributed by atoms with Crippen LogP contribution in [0.2, 0.25) is 5.02 Å². The monoisotopic (exact) mass is 387 g/mol. The third kappa shape index (κ3) is 5.56. The second kappa shape index (κ2) is 9.19. The fourth-order valence-electron chi connectivity index (χ4n) is 2.41. The van der Waals surface area contributed by atoms with Crippen molar-refractivity contribution in [3.05, 3.63) is 64.2 Å². The van der Waals surface area contributed by atoms with E-state index in [-0.39, 0.29) is 24.9 Å². The van der Waals surface area contributed by atoms with Crippen LogP contribution in [-0.2, 0) is 9.59 Å².